The molecule has 1 N–H and O–H groups in total. The highest BCUT2D eigenvalue weighted by atomic mass is 79.9. The molecule has 0 fully saturated rings. The Balaban J connectivity index is 1.87. The number of rotatable bonds is 4. The van der Waals surface area contributed by atoms with Crippen LogP contribution in [0.3, 0.4) is 0 Å². The first-order chi connectivity index (χ1) is 14.0. The van der Waals surface area contributed by atoms with Crippen LogP contribution in [0.25, 0.3) is 21.5 Å². The fourth-order valence-corrected chi connectivity index (χ4v) is 4.61. The van der Waals surface area contributed by atoms with Gasteiger partial charge in [0.2, 0.25) is 0 Å². The Bertz CT molecular complexity index is 1220. The molecule has 0 bridgehead atoms. The molecule has 29 heavy (non-hydrogen) atoms. The van der Waals surface area contributed by atoms with Crippen LogP contribution in [0.2, 0.25) is 5.02 Å². The molecule has 2 aromatic heterocycles. The molecule has 0 aliphatic heterocycles. The van der Waals surface area contributed by atoms with Crippen LogP contribution in [-0.4, -0.2) is 10.9 Å². The topological polar surface area (TPSA) is 42.0 Å². The first-order valence-electron chi connectivity index (χ1n) is 9.21. The number of pyridine rings is 1. The van der Waals surface area contributed by atoms with E-state index in [1.165, 1.54) is 0 Å². The van der Waals surface area contributed by atoms with Gasteiger partial charge in [0.25, 0.3) is 5.91 Å². The van der Waals surface area contributed by atoms with Gasteiger partial charge in [-0.3, -0.25) is 4.79 Å². The average Bonchev–Trinajstić information content (AvgIpc) is 3.24. The minimum absolute atomic E-state index is 0.185. The van der Waals surface area contributed by atoms with E-state index in [2.05, 4.69) is 34.2 Å². The number of aryl methyl sites for hydroxylation is 2. The van der Waals surface area contributed by atoms with E-state index in [1.54, 1.807) is 17.4 Å². The summed E-state index contributed by atoms with van der Waals surface area (Å²) in [7, 11) is 0. The standard InChI is InChI=1S/C23H18BrClN2OS/c1-3-14-9-15(24)10-17-18(12-20(27-22(14)17)21-5-4-8-29-21)23(28)26-16-7-6-13(2)19(25)11-16/h4-12H,3H2,1-2H3,(H,26,28). The van der Waals surface area contributed by atoms with Gasteiger partial charge in [0, 0.05) is 20.6 Å². The molecule has 0 radical (unpaired) electrons. The predicted molar refractivity (Wildman–Crippen MR) is 126 cm³/mol. The Hall–Kier alpha value is -2.21. The van der Waals surface area contributed by atoms with Crippen LogP contribution in [0.5, 0.6) is 0 Å². The van der Waals surface area contributed by atoms with Crippen LogP contribution in [0.1, 0.15) is 28.4 Å². The predicted octanol–water partition coefficient (Wildman–Crippen LogP) is 7.50. The largest absolute Gasteiger partial charge is 0.322 e. The molecule has 1 amide bonds. The maximum Gasteiger partial charge on any atom is 0.256 e. The molecular formula is C23H18BrClN2OS. The van der Waals surface area contributed by atoms with E-state index in [-0.39, 0.29) is 5.91 Å². The van der Waals surface area contributed by atoms with Crippen molar-refractivity contribution in [1.82, 2.24) is 4.98 Å². The molecule has 146 valence electrons. The highest BCUT2D eigenvalue weighted by molar-refractivity contribution is 9.10. The monoisotopic (exact) mass is 484 g/mol. The van der Waals surface area contributed by atoms with Gasteiger partial charge in [0.1, 0.15) is 0 Å². The van der Waals surface area contributed by atoms with Crippen molar-refractivity contribution in [2.24, 2.45) is 0 Å². The molecule has 0 saturated heterocycles. The molecule has 4 aromatic rings. The van der Waals surface area contributed by atoms with Crippen LogP contribution in [0.15, 0.2) is 58.4 Å². The minimum Gasteiger partial charge on any atom is -0.322 e. The third kappa shape index (κ3) is 4.08. The van der Waals surface area contributed by atoms with E-state index >= 15 is 0 Å². The highest BCUT2D eigenvalue weighted by Crippen LogP contribution is 2.32. The number of anilines is 1. The number of nitrogens with one attached hydrogen (secondary N) is 1. The number of thiophene rings is 1. The highest BCUT2D eigenvalue weighted by Gasteiger charge is 2.17. The van der Waals surface area contributed by atoms with Crippen LogP contribution in [-0.2, 0) is 6.42 Å². The SMILES string of the molecule is CCc1cc(Br)cc2c(C(=O)Nc3ccc(C)c(Cl)c3)cc(-c3cccs3)nc12. The van der Waals surface area contributed by atoms with Crippen LogP contribution in [0.4, 0.5) is 5.69 Å². The van der Waals surface area contributed by atoms with Crippen molar-refractivity contribution in [3.05, 3.63) is 80.1 Å². The van der Waals surface area contributed by atoms with Crippen LogP contribution in [0, 0.1) is 6.92 Å². The van der Waals surface area contributed by atoms with Crippen LogP contribution >= 0.6 is 38.9 Å². The Kier molecular flexibility index (Phi) is 5.72. The molecule has 3 nitrogen and oxygen atoms in total. The van der Waals surface area contributed by atoms with Crippen molar-refractivity contribution < 1.29 is 4.79 Å². The summed E-state index contributed by atoms with van der Waals surface area (Å²) in [6.07, 6.45) is 0.825. The van der Waals surface area contributed by atoms with Gasteiger partial charge >= 0.3 is 0 Å². The number of hydrogen-bond donors (Lipinski definition) is 1. The summed E-state index contributed by atoms with van der Waals surface area (Å²) in [5.74, 6) is -0.185. The lowest BCUT2D eigenvalue weighted by Gasteiger charge is -2.13. The summed E-state index contributed by atoms with van der Waals surface area (Å²) in [5.41, 5.74) is 4.98. The Labute approximate surface area is 186 Å². The molecule has 6 heteroatoms. The van der Waals surface area contributed by atoms with Gasteiger partial charge in [-0.05, 0) is 66.2 Å². The van der Waals surface area contributed by atoms with E-state index in [0.717, 1.165) is 43.5 Å². The smallest absolute Gasteiger partial charge is 0.256 e. The second-order valence-electron chi connectivity index (χ2n) is 6.77. The summed E-state index contributed by atoms with van der Waals surface area (Å²) in [6, 6.07) is 15.4. The van der Waals surface area contributed by atoms with E-state index in [9.17, 15) is 4.79 Å². The Morgan fingerprint density at radius 3 is 2.72 bits per heavy atom. The minimum atomic E-state index is -0.185. The van der Waals surface area contributed by atoms with Gasteiger partial charge in [-0.15, -0.1) is 11.3 Å². The number of nitrogens with zero attached hydrogens (tertiary/aromatic N) is 1. The fraction of sp³-hybridized carbons (Fsp3) is 0.130. The second kappa shape index (κ2) is 8.27. The Morgan fingerprint density at radius 1 is 1.21 bits per heavy atom. The third-order valence-corrected chi connectivity index (χ3v) is 6.54. The third-order valence-electron chi connectivity index (χ3n) is 4.79. The molecule has 0 unspecified atom stereocenters. The van der Waals surface area contributed by atoms with Crippen LogP contribution < -0.4 is 5.32 Å². The molecule has 0 aliphatic rings. The molecule has 0 aliphatic carbocycles. The van der Waals surface area contributed by atoms with Crippen molar-refractivity contribution in [2.75, 3.05) is 5.32 Å². The van der Waals surface area contributed by atoms with Gasteiger partial charge in [0.05, 0.1) is 21.7 Å². The van der Waals surface area contributed by atoms with Crippen molar-refractivity contribution in [3.63, 3.8) is 0 Å². The molecule has 2 aromatic carbocycles. The lowest BCUT2D eigenvalue weighted by atomic mass is 10.0. The number of fused-ring (bicyclic) bond motifs is 1. The number of carbonyl (C=O) groups is 1. The first kappa shape index (κ1) is 20.1. The summed E-state index contributed by atoms with van der Waals surface area (Å²) < 4.78 is 0.931. The van der Waals surface area contributed by atoms with Crippen molar-refractivity contribution in [2.45, 2.75) is 20.3 Å². The molecular weight excluding hydrogens is 468 g/mol. The molecule has 0 spiro atoms. The summed E-state index contributed by atoms with van der Waals surface area (Å²) in [4.78, 5) is 19.2. The number of aromatic nitrogens is 1. The average molecular weight is 486 g/mol. The quantitative estimate of drug-likeness (QED) is 0.325. The normalized spacial score (nSPS) is 11.0. The fourth-order valence-electron chi connectivity index (χ4n) is 3.24. The lowest BCUT2D eigenvalue weighted by Crippen LogP contribution is -2.13. The number of halogens is 2. The van der Waals surface area contributed by atoms with Crippen molar-refractivity contribution in [1.29, 1.82) is 0 Å². The number of amides is 1. The van der Waals surface area contributed by atoms with E-state index < -0.39 is 0 Å². The first-order valence-corrected chi connectivity index (χ1v) is 11.3. The van der Waals surface area contributed by atoms with Gasteiger partial charge in [-0.2, -0.15) is 0 Å². The molecule has 0 saturated carbocycles. The second-order valence-corrected chi connectivity index (χ2v) is 9.04. The van der Waals surface area contributed by atoms with Crippen molar-refractivity contribution >= 4 is 61.4 Å². The summed E-state index contributed by atoms with van der Waals surface area (Å²) in [6.45, 7) is 4.02. The maximum atomic E-state index is 13.3. The summed E-state index contributed by atoms with van der Waals surface area (Å²) >= 11 is 11.4. The maximum absolute atomic E-state index is 13.3. The number of carbonyl (C=O) groups excluding carboxylic acids is 1. The summed E-state index contributed by atoms with van der Waals surface area (Å²) in [5, 5.41) is 6.45. The molecule has 4 rings (SSSR count). The zero-order chi connectivity index (χ0) is 20.5. The van der Waals surface area contributed by atoms with Gasteiger partial charge in [-0.1, -0.05) is 46.6 Å². The zero-order valence-electron chi connectivity index (χ0n) is 15.9. The number of benzene rings is 2. The van der Waals surface area contributed by atoms with E-state index in [0.29, 0.717) is 16.3 Å². The van der Waals surface area contributed by atoms with E-state index in [1.807, 2.05) is 48.7 Å². The van der Waals surface area contributed by atoms with Gasteiger partial charge in [-0.25, -0.2) is 4.98 Å². The molecule has 0 atom stereocenters. The Morgan fingerprint density at radius 2 is 2.03 bits per heavy atom. The lowest BCUT2D eigenvalue weighted by molar-refractivity contribution is 0.102. The van der Waals surface area contributed by atoms with Gasteiger partial charge in [0.15, 0.2) is 0 Å². The zero-order valence-corrected chi connectivity index (χ0v) is 19.1. The molecule has 2 heterocycles. The van der Waals surface area contributed by atoms with Gasteiger partial charge < -0.3 is 5.32 Å². The van der Waals surface area contributed by atoms with Crippen molar-refractivity contribution in [3.8, 4) is 10.6 Å². The van der Waals surface area contributed by atoms with E-state index in [4.69, 9.17) is 16.6 Å². The number of hydrogen-bond acceptors (Lipinski definition) is 3.